The number of para-hydroxylation sites is 1. The van der Waals surface area contributed by atoms with Crippen molar-refractivity contribution in [3.8, 4) is 5.75 Å². The molecule has 2 aromatic rings. The maximum absolute atomic E-state index is 6.62. The van der Waals surface area contributed by atoms with Gasteiger partial charge in [0, 0.05) is 42.8 Å². The highest BCUT2D eigenvalue weighted by molar-refractivity contribution is 6.01. The topological polar surface area (TPSA) is 47.0 Å². The lowest BCUT2D eigenvalue weighted by atomic mass is 9.86. The van der Waals surface area contributed by atoms with E-state index in [2.05, 4.69) is 48.1 Å². The zero-order valence-corrected chi connectivity index (χ0v) is 15.2. The molecule has 1 fully saturated rings. The lowest BCUT2D eigenvalue weighted by Crippen LogP contribution is -2.60. The summed E-state index contributed by atoms with van der Waals surface area (Å²) in [6.07, 6.45) is 6.16. The maximum Gasteiger partial charge on any atom is 0.203 e. The van der Waals surface area contributed by atoms with Crippen molar-refractivity contribution < 1.29 is 9.47 Å². The molecule has 0 N–H and O–H groups in total. The average molecular weight is 349 g/mol. The minimum Gasteiger partial charge on any atom is -0.466 e. The monoisotopic (exact) mass is 349 g/mol. The minimum atomic E-state index is -0.454. The fourth-order valence-electron chi connectivity index (χ4n) is 4.51. The molecule has 3 aliphatic rings. The van der Waals surface area contributed by atoms with Crippen molar-refractivity contribution in [2.24, 2.45) is 5.10 Å². The van der Waals surface area contributed by atoms with Crippen LogP contribution in [0.2, 0.25) is 0 Å². The fraction of sp³-hybridized carbons (Fsp3) is 0.429. The van der Waals surface area contributed by atoms with E-state index >= 15 is 0 Å². The van der Waals surface area contributed by atoms with E-state index in [1.807, 2.05) is 18.3 Å². The van der Waals surface area contributed by atoms with E-state index in [0.29, 0.717) is 6.61 Å². The van der Waals surface area contributed by atoms with Crippen LogP contribution < -0.4 is 4.74 Å². The SMILES string of the molecule is CC1(C)C[C@]2(CCO1)Oc1ccccc1[C@H]1CC(c3cccnc3)=NN12. The van der Waals surface area contributed by atoms with Gasteiger partial charge in [-0.05, 0) is 26.0 Å². The fourth-order valence-corrected chi connectivity index (χ4v) is 4.51. The van der Waals surface area contributed by atoms with Crippen LogP contribution in [-0.4, -0.2) is 33.6 Å². The molecule has 4 heterocycles. The summed E-state index contributed by atoms with van der Waals surface area (Å²) >= 11 is 0. The summed E-state index contributed by atoms with van der Waals surface area (Å²) in [6.45, 7) is 4.94. The first-order valence-electron chi connectivity index (χ1n) is 9.26. The van der Waals surface area contributed by atoms with Crippen LogP contribution in [0.15, 0.2) is 53.9 Å². The highest BCUT2D eigenvalue weighted by Crippen LogP contribution is 2.51. The summed E-state index contributed by atoms with van der Waals surface area (Å²) < 4.78 is 12.6. The Labute approximate surface area is 153 Å². The van der Waals surface area contributed by atoms with Crippen LogP contribution in [0.25, 0.3) is 0 Å². The number of nitrogens with zero attached hydrogens (tertiary/aromatic N) is 3. The third-order valence-corrected chi connectivity index (χ3v) is 5.59. The Balaban J connectivity index is 1.62. The molecule has 5 heteroatoms. The molecule has 5 nitrogen and oxygen atoms in total. The van der Waals surface area contributed by atoms with Gasteiger partial charge in [0.2, 0.25) is 5.72 Å². The molecule has 0 bridgehead atoms. The number of ether oxygens (including phenoxy) is 2. The summed E-state index contributed by atoms with van der Waals surface area (Å²) in [7, 11) is 0. The molecule has 0 amide bonds. The van der Waals surface area contributed by atoms with Crippen molar-refractivity contribution in [3.63, 3.8) is 0 Å². The number of aromatic nitrogens is 1. The standard InChI is InChI=1S/C21H23N3O2/c1-20(2)14-21(9-11-25-20)24-18(16-7-3-4-8-19(16)26-21)12-17(23-24)15-6-5-10-22-13-15/h3-8,10,13,18H,9,11-12,14H2,1-2H3/t18-,21+/m1/s1. The van der Waals surface area contributed by atoms with E-state index in [-0.39, 0.29) is 11.6 Å². The first kappa shape index (κ1) is 15.8. The Morgan fingerprint density at radius 1 is 1.15 bits per heavy atom. The number of hydrogen-bond donors (Lipinski definition) is 0. The minimum absolute atomic E-state index is 0.198. The molecule has 3 aliphatic heterocycles. The van der Waals surface area contributed by atoms with Crippen LogP contribution in [0, 0.1) is 0 Å². The van der Waals surface area contributed by atoms with Gasteiger partial charge < -0.3 is 9.47 Å². The van der Waals surface area contributed by atoms with Gasteiger partial charge in [0.05, 0.1) is 24.0 Å². The zero-order chi connectivity index (χ0) is 17.8. The normalized spacial score (nSPS) is 28.9. The number of rotatable bonds is 1. The summed E-state index contributed by atoms with van der Waals surface area (Å²) in [6, 6.07) is 12.6. The number of hydrogen-bond acceptors (Lipinski definition) is 5. The first-order chi connectivity index (χ1) is 12.6. The first-order valence-corrected chi connectivity index (χ1v) is 9.26. The number of benzene rings is 1. The molecule has 0 radical (unpaired) electrons. The summed E-state index contributed by atoms with van der Waals surface area (Å²) in [4.78, 5) is 4.27. The van der Waals surface area contributed by atoms with Crippen molar-refractivity contribution >= 4 is 5.71 Å². The quantitative estimate of drug-likeness (QED) is 0.783. The predicted molar refractivity (Wildman–Crippen MR) is 99.0 cm³/mol. The molecule has 1 aromatic heterocycles. The van der Waals surface area contributed by atoms with Gasteiger partial charge in [-0.25, -0.2) is 5.01 Å². The number of pyridine rings is 1. The van der Waals surface area contributed by atoms with Crippen molar-refractivity contribution in [2.75, 3.05) is 6.61 Å². The van der Waals surface area contributed by atoms with Gasteiger partial charge in [0.25, 0.3) is 0 Å². The van der Waals surface area contributed by atoms with E-state index in [1.54, 1.807) is 6.20 Å². The van der Waals surface area contributed by atoms with Crippen molar-refractivity contribution in [2.45, 2.75) is 50.5 Å². The zero-order valence-electron chi connectivity index (χ0n) is 15.2. The number of fused-ring (bicyclic) bond motifs is 4. The second-order valence-electron chi connectivity index (χ2n) is 7.97. The number of hydrazone groups is 1. The third kappa shape index (κ3) is 2.42. The average Bonchev–Trinajstić information content (AvgIpc) is 3.09. The van der Waals surface area contributed by atoms with E-state index in [1.165, 1.54) is 5.56 Å². The van der Waals surface area contributed by atoms with E-state index in [4.69, 9.17) is 14.6 Å². The summed E-state index contributed by atoms with van der Waals surface area (Å²) in [5.74, 6) is 0.981. The van der Waals surface area contributed by atoms with E-state index < -0.39 is 5.72 Å². The van der Waals surface area contributed by atoms with Crippen LogP contribution in [0.5, 0.6) is 5.75 Å². The van der Waals surface area contributed by atoms with Gasteiger partial charge in [-0.3, -0.25) is 4.98 Å². The van der Waals surface area contributed by atoms with Crippen LogP contribution in [0.1, 0.15) is 50.3 Å². The highest BCUT2D eigenvalue weighted by Gasteiger charge is 2.54. The molecule has 5 rings (SSSR count). The molecule has 2 atom stereocenters. The van der Waals surface area contributed by atoms with Crippen LogP contribution in [0.3, 0.4) is 0 Å². The Hall–Kier alpha value is -2.40. The molecule has 1 aromatic carbocycles. The van der Waals surface area contributed by atoms with Crippen molar-refractivity contribution in [3.05, 3.63) is 59.9 Å². The Kier molecular flexibility index (Phi) is 3.38. The van der Waals surface area contributed by atoms with Gasteiger partial charge in [0.15, 0.2) is 0 Å². The van der Waals surface area contributed by atoms with Crippen LogP contribution >= 0.6 is 0 Å². The molecule has 0 aliphatic carbocycles. The second-order valence-corrected chi connectivity index (χ2v) is 7.97. The molecular formula is C21H23N3O2. The molecule has 1 saturated heterocycles. The van der Waals surface area contributed by atoms with Gasteiger partial charge >= 0.3 is 0 Å². The largest absolute Gasteiger partial charge is 0.466 e. The van der Waals surface area contributed by atoms with Gasteiger partial charge in [-0.1, -0.05) is 24.3 Å². The molecule has 0 saturated carbocycles. The van der Waals surface area contributed by atoms with E-state index in [9.17, 15) is 0 Å². The second kappa shape index (κ2) is 5.55. The molecule has 1 spiro atoms. The highest BCUT2D eigenvalue weighted by atomic mass is 16.5. The lowest BCUT2D eigenvalue weighted by molar-refractivity contribution is -0.212. The van der Waals surface area contributed by atoms with E-state index in [0.717, 1.165) is 36.3 Å². The van der Waals surface area contributed by atoms with Crippen molar-refractivity contribution in [1.29, 1.82) is 0 Å². The molecule has 134 valence electrons. The van der Waals surface area contributed by atoms with Crippen LogP contribution in [0.4, 0.5) is 0 Å². The maximum atomic E-state index is 6.62. The Morgan fingerprint density at radius 3 is 2.85 bits per heavy atom. The summed E-state index contributed by atoms with van der Waals surface area (Å²) in [5, 5.41) is 7.26. The van der Waals surface area contributed by atoms with Gasteiger partial charge in [0.1, 0.15) is 5.75 Å². The third-order valence-electron chi connectivity index (χ3n) is 5.59. The molecule has 26 heavy (non-hydrogen) atoms. The summed E-state index contributed by atoms with van der Waals surface area (Å²) in [5.41, 5.74) is 2.69. The van der Waals surface area contributed by atoms with Crippen LogP contribution in [-0.2, 0) is 4.74 Å². The Bertz CT molecular complexity index is 865. The lowest BCUT2D eigenvalue weighted by Gasteiger charge is -2.52. The Morgan fingerprint density at radius 2 is 2.04 bits per heavy atom. The molecule has 0 unspecified atom stereocenters. The van der Waals surface area contributed by atoms with Gasteiger partial charge in [-0.2, -0.15) is 5.10 Å². The van der Waals surface area contributed by atoms with Crippen molar-refractivity contribution in [1.82, 2.24) is 9.99 Å². The molecular weight excluding hydrogens is 326 g/mol. The predicted octanol–water partition coefficient (Wildman–Crippen LogP) is 3.91. The van der Waals surface area contributed by atoms with Gasteiger partial charge in [-0.15, -0.1) is 0 Å². The smallest absolute Gasteiger partial charge is 0.203 e.